The SMILES string of the molecule is CC(CN1CCCC1=O)NC(=O)CC(C)(C)CC(=O)O. The lowest BCUT2D eigenvalue weighted by Crippen LogP contribution is -2.43. The summed E-state index contributed by atoms with van der Waals surface area (Å²) in [6, 6.07) is -0.120. The van der Waals surface area contributed by atoms with Crippen LogP contribution in [-0.4, -0.2) is 46.9 Å². The molecule has 20 heavy (non-hydrogen) atoms. The molecule has 1 aliphatic heterocycles. The van der Waals surface area contributed by atoms with Gasteiger partial charge in [0.1, 0.15) is 0 Å². The summed E-state index contributed by atoms with van der Waals surface area (Å²) < 4.78 is 0. The van der Waals surface area contributed by atoms with Crippen LogP contribution in [0.4, 0.5) is 0 Å². The predicted molar refractivity (Wildman–Crippen MR) is 74.1 cm³/mol. The van der Waals surface area contributed by atoms with E-state index in [1.165, 1.54) is 0 Å². The molecule has 1 atom stereocenters. The Labute approximate surface area is 119 Å². The Morgan fingerprint density at radius 3 is 2.55 bits per heavy atom. The van der Waals surface area contributed by atoms with Gasteiger partial charge >= 0.3 is 5.97 Å². The van der Waals surface area contributed by atoms with E-state index >= 15 is 0 Å². The van der Waals surface area contributed by atoms with E-state index in [-0.39, 0.29) is 30.7 Å². The van der Waals surface area contributed by atoms with Crippen LogP contribution in [0, 0.1) is 5.41 Å². The number of likely N-dealkylation sites (tertiary alicyclic amines) is 1. The van der Waals surface area contributed by atoms with Gasteiger partial charge in [0.25, 0.3) is 0 Å². The zero-order chi connectivity index (χ0) is 15.3. The van der Waals surface area contributed by atoms with Gasteiger partial charge in [-0.05, 0) is 18.8 Å². The van der Waals surface area contributed by atoms with Gasteiger partial charge in [0.2, 0.25) is 11.8 Å². The Morgan fingerprint density at radius 2 is 2.05 bits per heavy atom. The van der Waals surface area contributed by atoms with Crippen molar-refractivity contribution in [3.05, 3.63) is 0 Å². The zero-order valence-electron chi connectivity index (χ0n) is 12.4. The summed E-state index contributed by atoms with van der Waals surface area (Å²) in [6.45, 7) is 6.64. The van der Waals surface area contributed by atoms with Crippen molar-refractivity contribution < 1.29 is 19.5 Å². The van der Waals surface area contributed by atoms with Gasteiger partial charge in [0.05, 0.1) is 6.42 Å². The molecule has 2 amide bonds. The molecule has 0 aromatic heterocycles. The summed E-state index contributed by atoms with van der Waals surface area (Å²) in [7, 11) is 0. The fourth-order valence-corrected chi connectivity index (χ4v) is 2.51. The molecule has 1 unspecified atom stereocenters. The molecule has 0 aromatic carbocycles. The Morgan fingerprint density at radius 1 is 1.40 bits per heavy atom. The molecule has 0 spiro atoms. The molecule has 2 N–H and O–H groups in total. The summed E-state index contributed by atoms with van der Waals surface area (Å²) in [6.07, 6.45) is 1.59. The number of rotatable bonds is 7. The van der Waals surface area contributed by atoms with Crippen LogP contribution >= 0.6 is 0 Å². The molecule has 6 heteroatoms. The molecule has 0 aliphatic carbocycles. The van der Waals surface area contributed by atoms with Gasteiger partial charge in [-0.2, -0.15) is 0 Å². The van der Waals surface area contributed by atoms with E-state index < -0.39 is 11.4 Å². The standard InChI is InChI=1S/C14H24N2O4/c1-10(9-16-6-4-5-12(16)18)15-11(17)7-14(2,3)8-13(19)20/h10H,4-9H2,1-3H3,(H,15,17)(H,19,20). The van der Waals surface area contributed by atoms with E-state index in [4.69, 9.17) is 5.11 Å². The molecule has 0 saturated carbocycles. The highest BCUT2D eigenvalue weighted by Crippen LogP contribution is 2.24. The van der Waals surface area contributed by atoms with Crippen molar-refractivity contribution in [3.63, 3.8) is 0 Å². The van der Waals surface area contributed by atoms with Crippen LogP contribution in [0.25, 0.3) is 0 Å². The maximum atomic E-state index is 11.9. The maximum absolute atomic E-state index is 11.9. The Hall–Kier alpha value is -1.59. The molecule has 1 rings (SSSR count). The molecule has 0 radical (unpaired) electrons. The Bertz CT molecular complexity index is 393. The number of carboxylic acid groups (broad SMARTS) is 1. The summed E-state index contributed by atoms with van der Waals surface area (Å²) in [5, 5.41) is 11.6. The summed E-state index contributed by atoms with van der Waals surface area (Å²) in [5.74, 6) is -0.939. The quantitative estimate of drug-likeness (QED) is 0.730. The van der Waals surface area contributed by atoms with Gasteiger partial charge < -0.3 is 15.3 Å². The highest BCUT2D eigenvalue weighted by atomic mass is 16.4. The van der Waals surface area contributed by atoms with Crippen molar-refractivity contribution in [2.45, 2.75) is 52.5 Å². The van der Waals surface area contributed by atoms with Crippen molar-refractivity contribution in [1.29, 1.82) is 0 Å². The van der Waals surface area contributed by atoms with Crippen molar-refractivity contribution in [2.24, 2.45) is 5.41 Å². The third kappa shape index (κ3) is 5.59. The monoisotopic (exact) mass is 284 g/mol. The average Bonchev–Trinajstić information content (AvgIpc) is 2.60. The largest absolute Gasteiger partial charge is 0.481 e. The molecule has 114 valence electrons. The normalized spacial score (nSPS) is 17.1. The fraction of sp³-hybridized carbons (Fsp3) is 0.786. The van der Waals surface area contributed by atoms with Gasteiger partial charge in [-0.15, -0.1) is 0 Å². The number of carbonyl (C=O) groups is 3. The number of nitrogens with one attached hydrogen (secondary N) is 1. The van der Waals surface area contributed by atoms with Gasteiger partial charge in [0.15, 0.2) is 0 Å². The van der Waals surface area contributed by atoms with E-state index in [1.807, 2.05) is 6.92 Å². The number of amides is 2. The van der Waals surface area contributed by atoms with E-state index in [9.17, 15) is 14.4 Å². The smallest absolute Gasteiger partial charge is 0.303 e. The van der Waals surface area contributed by atoms with Crippen molar-refractivity contribution in [1.82, 2.24) is 10.2 Å². The molecule has 6 nitrogen and oxygen atoms in total. The summed E-state index contributed by atoms with van der Waals surface area (Å²) in [4.78, 5) is 35.9. The van der Waals surface area contributed by atoms with E-state index in [1.54, 1.807) is 18.7 Å². The Balaban J connectivity index is 2.37. The molecule has 0 aromatic rings. The second-order valence-corrected chi connectivity index (χ2v) is 6.32. The third-order valence-corrected chi connectivity index (χ3v) is 3.34. The van der Waals surface area contributed by atoms with E-state index in [2.05, 4.69) is 5.32 Å². The van der Waals surface area contributed by atoms with E-state index in [0.29, 0.717) is 13.0 Å². The highest BCUT2D eigenvalue weighted by Gasteiger charge is 2.27. The minimum absolute atomic E-state index is 0.0423. The predicted octanol–water partition coefficient (Wildman–Crippen LogP) is 1.00. The van der Waals surface area contributed by atoms with Crippen molar-refractivity contribution in [2.75, 3.05) is 13.1 Å². The van der Waals surface area contributed by atoms with Crippen LogP contribution in [0.15, 0.2) is 0 Å². The van der Waals surface area contributed by atoms with Crippen LogP contribution in [0.1, 0.15) is 46.5 Å². The minimum Gasteiger partial charge on any atom is -0.481 e. The first kappa shape index (κ1) is 16.5. The number of hydrogen-bond donors (Lipinski definition) is 2. The van der Waals surface area contributed by atoms with Crippen LogP contribution in [0.3, 0.4) is 0 Å². The second kappa shape index (κ2) is 6.72. The van der Waals surface area contributed by atoms with Gasteiger partial charge in [-0.3, -0.25) is 14.4 Å². The van der Waals surface area contributed by atoms with Crippen LogP contribution < -0.4 is 5.32 Å². The van der Waals surface area contributed by atoms with Crippen molar-refractivity contribution in [3.8, 4) is 0 Å². The van der Waals surface area contributed by atoms with Crippen LogP contribution in [0.2, 0.25) is 0 Å². The molecular formula is C14H24N2O4. The fourth-order valence-electron chi connectivity index (χ4n) is 2.51. The lowest BCUT2D eigenvalue weighted by molar-refractivity contribution is -0.140. The van der Waals surface area contributed by atoms with Gasteiger partial charge in [-0.25, -0.2) is 0 Å². The van der Waals surface area contributed by atoms with Crippen LogP contribution in [-0.2, 0) is 14.4 Å². The highest BCUT2D eigenvalue weighted by molar-refractivity contribution is 5.79. The molecule has 1 aliphatic rings. The van der Waals surface area contributed by atoms with Crippen molar-refractivity contribution >= 4 is 17.8 Å². The second-order valence-electron chi connectivity index (χ2n) is 6.32. The minimum atomic E-state index is -0.904. The zero-order valence-corrected chi connectivity index (χ0v) is 12.4. The Kier molecular flexibility index (Phi) is 5.53. The number of aliphatic carboxylic acids is 1. The summed E-state index contributed by atoms with van der Waals surface area (Å²) >= 11 is 0. The van der Waals surface area contributed by atoms with Gasteiger partial charge in [0, 0.05) is 32.0 Å². The van der Waals surface area contributed by atoms with E-state index in [0.717, 1.165) is 13.0 Å². The number of hydrogen-bond acceptors (Lipinski definition) is 3. The van der Waals surface area contributed by atoms with Crippen LogP contribution in [0.5, 0.6) is 0 Å². The average molecular weight is 284 g/mol. The first-order valence-electron chi connectivity index (χ1n) is 6.98. The first-order chi connectivity index (χ1) is 9.19. The lowest BCUT2D eigenvalue weighted by Gasteiger charge is -2.25. The first-order valence-corrected chi connectivity index (χ1v) is 6.98. The summed E-state index contributed by atoms with van der Waals surface area (Å²) in [5.41, 5.74) is -0.570. The number of carboxylic acids is 1. The van der Waals surface area contributed by atoms with Gasteiger partial charge in [-0.1, -0.05) is 13.8 Å². The topological polar surface area (TPSA) is 86.7 Å². The number of carbonyl (C=O) groups excluding carboxylic acids is 2. The maximum Gasteiger partial charge on any atom is 0.303 e. The molecular weight excluding hydrogens is 260 g/mol. The third-order valence-electron chi connectivity index (χ3n) is 3.34. The molecule has 1 fully saturated rings. The molecule has 1 heterocycles. The molecule has 0 bridgehead atoms. The lowest BCUT2D eigenvalue weighted by atomic mass is 9.85. The molecule has 1 saturated heterocycles. The number of nitrogens with zero attached hydrogens (tertiary/aromatic N) is 1.